The van der Waals surface area contributed by atoms with Crippen LogP contribution in [0.5, 0.6) is 0 Å². The fraction of sp³-hybridized carbons (Fsp3) is 0.600. The molecule has 0 saturated carbocycles. The molecule has 0 amide bonds. The Morgan fingerprint density at radius 3 is 2.05 bits per heavy atom. The number of aryl methyl sites for hydroxylation is 1. The van der Waals surface area contributed by atoms with E-state index in [1.807, 2.05) is 0 Å². The molecular formula is C20H33P. The third-order valence-electron chi connectivity index (χ3n) is 4.24. The van der Waals surface area contributed by atoms with Crippen LogP contribution in [0.1, 0.15) is 64.9 Å². The minimum atomic E-state index is -0.139. The van der Waals surface area contributed by atoms with E-state index in [0.717, 1.165) is 5.66 Å². The molecule has 0 radical (unpaired) electrons. The van der Waals surface area contributed by atoms with Gasteiger partial charge in [-0.2, -0.15) is 0 Å². The van der Waals surface area contributed by atoms with Crippen molar-refractivity contribution >= 4 is 13.2 Å². The molecule has 0 aromatic heterocycles. The van der Waals surface area contributed by atoms with Crippen LogP contribution >= 0.6 is 7.92 Å². The van der Waals surface area contributed by atoms with Gasteiger partial charge in [-0.15, -0.1) is 6.58 Å². The van der Waals surface area contributed by atoms with Crippen molar-refractivity contribution in [3.8, 4) is 0 Å². The second kappa shape index (κ2) is 10.2. The highest BCUT2D eigenvalue weighted by atomic mass is 31.1. The number of rotatable bonds is 10. The Kier molecular flexibility index (Phi) is 8.93. The van der Waals surface area contributed by atoms with Crippen molar-refractivity contribution in [1.82, 2.24) is 0 Å². The normalized spacial score (nSPS) is 14.1. The van der Waals surface area contributed by atoms with Crippen molar-refractivity contribution in [2.24, 2.45) is 0 Å². The maximum Gasteiger partial charge on any atom is 0.00104 e. The standard InChI is InChI=1S/C20H33P/c1-6-12-18(9-4)21(19(13-7-2)14-8-3)20-16-11-10-15-17(20)5/h9-11,15-16,18-19H,4,6-8,12-14H2,1-3,5H3. The molecule has 0 N–H and O–H groups in total. The number of benzene rings is 1. The number of hydrogen-bond acceptors (Lipinski definition) is 0. The van der Waals surface area contributed by atoms with E-state index in [4.69, 9.17) is 0 Å². The fourth-order valence-corrected chi connectivity index (χ4v) is 7.12. The summed E-state index contributed by atoms with van der Waals surface area (Å²) in [5, 5.41) is 1.62. The lowest BCUT2D eigenvalue weighted by molar-refractivity contribution is 0.659. The Hall–Kier alpha value is -0.610. The second-order valence-corrected chi connectivity index (χ2v) is 8.71. The van der Waals surface area contributed by atoms with E-state index >= 15 is 0 Å². The number of hydrogen-bond donors (Lipinski definition) is 0. The van der Waals surface area contributed by atoms with Crippen LogP contribution in [0, 0.1) is 6.92 Å². The summed E-state index contributed by atoms with van der Waals surface area (Å²) in [5.74, 6) is 0. The Labute approximate surface area is 133 Å². The average Bonchev–Trinajstić information content (AvgIpc) is 2.48. The van der Waals surface area contributed by atoms with Gasteiger partial charge in [-0.3, -0.25) is 0 Å². The van der Waals surface area contributed by atoms with Gasteiger partial charge in [0.15, 0.2) is 0 Å². The van der Waals surface area contributed by atoms with Crippen molar-refractivity contribution in [2.75, 3.05) is 0 Å². The highest BCUT2D eigenvalue weighted by Gasteiger charge is 2.28. The predicted octanol–water partition coefficient (Wildman–Crippen LogP) is 6.43. The zero-order valence-electron chi connectivity index (χ0n) is 14.4. The zero-order chi connectivity index (χ0) is 15.7. The first-order chi connectivity index (χ1) is 10.2. The average molecular weight is 304 g/mol. The quantitative estimate of drug-likeness (QED) is 0.345. The van der Waals surface area contributed by atoms with E-state index in [9.17, 15) is 0 Å². The van der Waals surface area contributed by atoms with Gasteiger partial charge in [0.2, 0.25) is 0 Å². The van der Waals surface area contributed by atoms with Gasteiger partial charge in [-0.1, -0.05) is 78.3 Å². The highest BCUT2D eigenvalue weighted by molar-refractivity contribution is 7.67. The Bertz CT molecular complexity index is 404. The second-order valence-electron chi connectivity index (χ2n) is 6.02. The summed E-state index contributed by atoms with van der Waals surface area (Å²) >= 11 is 0. The summed E-state index contributed by atoms with van der Waals surface area (Å²) in [7, 11) is -0.139. The molecule has 0 fully saturated rings. The van der Waals surface area contributed by atoms with Gasteiger partial charge in [-0.25, -0.2) is 0 Å². The molecule has 0 aliphatic heterocycles. The van der Waals surface area contributed by atoms with Crippen molar-refractivity contribution in [3.05, 3.63) is 42.5 Å². The van der Waals surface area contributed by atoms with Crippen molar-refractivity contribution in [1.29, 1.82) is 0 Å². The molecule has 1 rings (SSSR count). The van der Waals surface area contributed by atoms with Crippen LogP contribution in [0.25, 0.3) is 0 Å². The summed E-state index contributed by atoms with van der Waals surface area (Å²) in [4.78, 5) is 0. The Morgan fingerprint density at radius 2 is 1.57 bits per heavy atom. The molecule has 0 heterocycles. The molecule has 2 atom stereocenters. The molecule has 0 spiro atoms. The van der Waals surface area contributed by atoms with Gasteiger partial charge in [0.1, 0.15) is 0 Å². The van der Waals surface area contributed by atoms with Crippen LogP contribution in [0.3, 0.4) is 0 Å². The minimum absolute atomic E-state index is 0.139. The summed E-state index contributed by atoms with van der Waals surface area (Å²) in [6.07, 6.45) is 10.1. The first-order valence-corrected chi connectivity index (χ1v) is 10.1. The van der Waals surface area contributed by atoms with Crippen molar-refractivity contribution in [3.63, 3.8) is 0 Å². The molecule has 2 unspecified atom stereocenters. The third-order valence-corrected chi connectivity index (χ3v) is 7.79. The van der Waals surface area contributed by atoms with Crippen LogP contribution in [-0.2, 0) is 0 Å². The molecule has 1 aromatic rings. The van der Waals surface area contributed by atoms with Gasteiger partial charge >= 0.3 is 0 Å². The number of allylic oxidation sites excluding steroid dienone is 1. The summed E-state index contributed by atoms with van der Waals surface area (Å²) in [5.41, 5.74) is 3.00. The molecule has 0 bridgehead atoms. The van der Waals surface area contributed by atoms with Gasteiger partial charge in [0, 0.05) is 5.66 Å². The molecule has 118 valence electrons. The largest absolute Gasteiger partial charge is 0.102 e. The van der Waals surface area contributed by atoms with Crippen LogP contribution in [0.2, 0.25) is 0 Å². The Morgan fingerprint density at radius 1 is 1.00 bits per heavy atom. The minimum Gasteiger partial charge on any atom is -0.102 e. The molecule has 1 aromatic carbocycles. The molecule has 0 aliphatic rings. The van der Waals surface area contributed by atoms with E-state index in [1.165, 1.54) is 44.1 Å². The maximum atomic E-state index is 4.17. The summed E-state index contributed by atoms with van der Waals surface area (Å²) < 4.78 is 0. The smallest absolute Gasteiger partial charge is 0.00104 e. The topological polar surface area (TPSA) is 0 Å². The van der Waals surface area contributed by atoms with Gasteiger partial charge in [-0.05, 0) is 42.7 Å². The molecule has 0 saturated heterocycles. The van der Waals surface area contributed by atoms with Crippen LogP contribution in [0.15, 0.2) is 36.9 Å². The van der Waals surface area contributed by atoms with Gasteiger partial charge in [0.05, 0.1) is 0 Å². The lowest BCUT2D eigenvalue weighted by Crippen LogP contribution is -2.23. The highest BCUT2D eigenvalue weighted by Crippen LogP contribution is 2.51. The van der Waals surface area contributed by atoms with Crippen LogP contribution in [0.4, 0.5) is 0 Å². The lowest BCUT2D eigenvalue weighted by Gasteiger charge is -2.34. The predicted molar refractivity (Wildman–Crippen MR) is 100 cm³/mol. The maximum absolute atomic E-state index is 4.17. The van der Waals surface area contributed by atoms with E-state index in [0.29, 0.717) is 5.66 Å². The van der Waals surface area contributed by atoms with Gasteiger partial charge < -0.3 is 0 Å². The van der Waals surface area contributed by atoms with E-state index in [2.05, 4.69) is 64.6 Å². The molecule has 21 heavy (non-hydrogen) atoms. The zero-order valence-corrected chi connectivity index (χ0v) is 15.3. The Balaban J connectivity index is 3.19. The van der Waals surface area contributed by atoms with Crippen LogP contribution in [-0.4, -0.2) is 11.3 Å². The lowest BCUT2D eigenvalue weighted by atomic mass is 10.1. The van der Waals surface area contributed by atoms with Crippen molar-refractivity contribution < 1.29 is 0 Å². The molecule has 0 nitrogen and oxygen atoms in total. The first-order valence-electron chi connectivity index (χ1n) is 8.66. The third kappa shape index (κ3) is 5.26. The van der Waals surface area contributed by atoms with E-state index in [1.54, 1.807) is 5.30 Å². The summed E-state index contributed by atoms with van der Waals surface area (Å²) in [6.45, 7) is 13.4. The molecule has 1 heteroatoms. The molecular weight excluding hydrogens is 271 g/mol. The fourth-order valence-electron chi connectivity index (χ4n) is 3.25. The first kappa shape index (κ1) is 18.4. The van der Waals surface area contributed by atoms with E-state index in [-0.39, 0.29) is 7.92 Å². The molecule has 0 aliphatic carbocycles. The van der Waals surface area contributed by atoms with Crippen molar-refractivity contribution in [2.45, 2.75) is 77.5 Å². The summed E-state index contributed by atoms with van der Waals surface area (Å²) in [6, 6.07) is 9.06. The van der Waals surface area contributed by atoms with Gasteiger partial charge in [0.25, 0.3) is 0 Å². The SMILES string of the molecule is C=CC(CCC)P(c1ccccc1C)C(CCC)CCC. The monoisotopic (exact) mass is 304 g/mol. The van der Waals surface area contributed by atoms with E-state index < -0.39 is 0 Å². The van der Waals surface area contributed by atoms with Crippen LogP contribution < -0.4 is 5.30 Å².